The van der Waals surface area contributed by atoms with Crippen molar-refractivity contribution in [3.8, 4) is 11.5 Å². The Labute approximate surface area is 146 Å². The molecule has 0 heterocycles. The highest BCUT2D eigenvalue weighted by Crippen LogP contribution is 2.26. The van der Waals surface area contributed by atoms with Gasteiger partial charge in [0, 0.05) is 28.8 Å². The Bertz CT molecular complexity index is 926. The number of fused-ring (bicyclic) bond motifs is 1. The molecule has 0 atom stereocenters. The Morgan fingerprint density at radius 2 is 1.76 bits per heavy atom. The number of ether oxygens (including phenoxy) is 2. The van der Waals surface area contributed by atoms with Gasteiger partial charge in [-0.2, -0.15) is 0 Å². The van der Waals surface area contributed by atoms with Gasteiger partial charge in [0.2, 0.25) is 5.91 Å². The molecule has 0 aliphatic carbocycles. The van der Waals surface area contributed by atoms with Crippen molar-refractivity contribution < 1.29 is 14.3 Å². The van der Waals surface area contributed by atoms with Crippen LogP contribution in [0.2, 0.25) is 0 Å². The van der Waals surface area contributed by atoms with Crippen molar-refractivity contribution in [2.45, 2.75) is 0 Å². The standard InChI is InChI=1S/C21H19NO3/c1-24-17-12-10-16(20(14-17)25-2)11-13-21(23)22-19-9-5-7-15-6-3-4-8-18(15)19/h3-14H,1-2H3,(H,22,23)/b13-11+. The molecule has 0 bridgehead atoms. The molecule has 0 fully saturated rings. The number of rotatable bonds is 5. The molecular formula is C21H19NO3. The summed E-state index contributed by atoms with van der Waals surface area (Å²) in [6.45, 7) is 0. The first-order chi connectivity index (χ1) is 12.2. The average Bonchev–Trinajstić information content (AvgIpc) is 2.66. The molecule has 0 radical (unpaired) electrons. The van der Waals surface area contributed by atoms with Crippen molar-refractivity contribution in [1.82, 2.24) is 0 Å². The summed E-state index contributed by atoms with van der Waals surface area (Å²) in [5.41, 5.74) is 1.59. The normalized spacial score (nSPS) is 10.8. The number of anilines is 1. The molecule has 3 aromatic carbocycles. The summed E-state index contributed by atoms with van der Waals surface area (Å²) in [5.74, 6) is 1.15. The molecule has 0 saturated heterocycles. The number of carbonyl (C=O) groups is 1. The zero-order valence-electron chi connectivity index (χ0n) is 14.2. The van der Waals surface area contributed by atoms with Gasteiger partial charge in [0.1, 0.15) is 11.5 Å². The Balaban J connectivity index is 1.79. The summed E-state index contributed by atoms with van der Waals surface area (Å²) in [7, 11) is 3.18. The number of methoxy groups -OCH3 is 2. The second-order valence-corrected chi connectivity index (χ2v) is 5.46. The second kappa shape index (κ2) is 7.53. The fourth-order valence-corrected chi connectivity index (χ4v) is 2.63. The lowest BCUT2D eigenvalue weighted by molar-refractivity contribution is -0.111. The Hall–Kier alpha value is -3.27. The SMILES string of the molecule is COc1ccc(/C=C/C(=O)Nc2cccc3ccccc23)c(OC)c1. The van der Waals surface area contributed by atoms with E-state index in [1.165, 1.54) is 6.08 Å². The molecule has 0 aliphatic heterocycles. The smallest absolute Gasteiger partial charge is 0.248 e. The van der Waals surface area contributed by atoms with E-state index in [4.69, 9.17) is 9.47 Å². The van der Waals surface area contributed by atoms with Gasteiger partial charge in [0.25, 0.3) is 0 Å². The molecule has 1 N–H and O–H groups in total. The molecule has 3 rings (SSSR count). The van der Waals surface area contributed by atoms with Crippen molar-refractivity contribution >= 4 is 28.4 Å². The first kappa shape index (κ1) is 16.6. The molecule has 3 aromatic rings. The fourth-order valence-electron chi connectivity index (χ4n) is 2.63. The lowest BCUT2D eigenvalue weighted by Crippen LogP contribution is -2.08. The minimum atomic E-state index is -0.200. The summed E-state index contributed by atoms with van der Waals surface area (Å²) in [6, 6.07) is 19.2. The van der Waals surface area contributed by atoms with Gasteiger partial charge in [-0.3, -0.25) is 4.79 Å². The highest BCUT2D eigenvalue weighted by Gasteiger charge is 2.05. The van der Waals surface area contributed by atoms with Crippen LogP contribution in [0, 0.1) is 0 Å². The molecule has 0 spiro atoms. The second-order valence-electron chi connectivity index (χ2n) is 5.46. The maximum Gasteiger partial charge on any atom is 0.248 e. The molecule has 0 aliphatic rings. The third-order valence-electron chi connectivity index (χ3n) is 3.90. The van der Waals surface area contributed by atoms with Crippen LogP contribution in [0.1, 0.15) is 5.56 Å². The van der Waals surface area contributed by atoms with E-state index in [-0.39, 0.29) is 5.91 Å². The number of nitrogens with one attached hydrogen (secondary N) is 1. The van der Waals surface area contributed by atoms with Crippen molar-refractivity contribution in [1.29, 1.82) is 0 Å². The number of hydrogen-bond donors (Lipinski definition) is 1. The van der Waals surface area contributed by atoms with Crippen LogP contribution in [-0.4, -0.2) is 20.1 Å². The van der Waals surface area contributed by atoms with Crippen LogP contribution in [0.3, 0.4) is 0 Å². The van der Waals surface area contributed by atoms with E-state index in [2.05, 4.69) is 5.32 Å². The summed E-state index contributed by atoms with van der Waals surface area (Å²) in [4.78, 5) is 12.3. The third kappa shape index (κ3) is 3.80. The van der Waals surface area contributed by atoms with Crippen molar-refractivity contribution in [2.24, 2.45) is 0 Å². The van der Waals surface area contributed by atoms with Gasteiger partial charge in [-0.05, 0) is 29.7 Å². The number of hydrogen-bond acceptors (Lipinski definition) is 3. The maximum atomic E-state index is 12.3. The highest BCUT2D eigenvalue weighted by molar-refractivity contribution is 6.07. The van der Waals surface area contributed by atoms with Crippen LogP contribution in [0.4, 0.5) is 5.69 Å². The molecule has 1 amide bonds. The van der Waals surface area contributed by atoms with Gasteiger partial charge in [-0.25, -0.2) is 0 Å². The maximum absolute atomic E-state index is 12.3. The van der Waals surface area contributed by atoms with Crippen LogP contribution >= 0.6 is 0 Å². The third-order valence-corrected chi connectivity index (χ3v) is 3.90. The monoisotopic (exact) mass is 333 g/mol. The molecule has 4 nitrogen and oxygen atoms in total. The molecular weight excluding hydrogens is 314 g/mol. The van der Waals surface area contributed by atoms with Gasteiger partial charge in [-0.15, -0.1) is 0 Å². The predicted molar refractivity (Wildman–Crippen MR) is 101 cm³/mol. The van der Waals surface area contributed by atoms with E-state index < -0.39 is 0 Å². The zero-order chi connectivity index (χ0) is 17.6. The molecule has 4 heteroatoms. The highest BCUT2D eigenvalue weighted by atomic mass is 16.5. The Morgan fingerprint density at radius 1 is 0.960 bits per heavy atom. The largest absolute Gasteiger partial charge is 0.497 e. The van der Waals surface area contributed by atoms with Crippen molar-refractivity contribution in [2.75, 3.05) is 19.5 Å². The van der Waals surface area contributed by atoms with E-state index in [1.54, 1.807) is 26.4 Å². The zero-order valence-corrected chi connectivity index (χ0v) is 14.2. The lowest BCUT2D eigenvalue weighted by Gasteiger charge is -2.08. The molecule has 126 valence electrons. The Morgan fingerprint density at radius 3 is 2.56 bits per heavy atom. The summed E-state index contributed by atoms with van der Waals surface area (Å²) in [5, 5.41) is 5.02. The first-order valence-corrected chi connectivity index (χ1v) is 7.90. The van der Waals surface area contributed by atoms with E-state index >= 15 is 0 Å². The summed E-state index contributed by atoms with van der Waals surface area (Å²) < 4.78 is 10.5. The van der Waals surface area contributed by atoms with Gasteiger partial charge >= 0.3 is 0 Å². The van der Waals surface area contributed by atoms with Gasteiger partial charge < -0.3 is 14.8 Å². The van der Waals surface area contributed by atoms with E-state index in [0.717, 1.165) is 22.0 Å². The van der Waals surface area contributed by atoms with Crippen LogP contribution in [0.15, 0.2) is 66.7 Å². The van der Waals surface area contributed by atoms with Gasteiger partial charge in [0.15, 0.2) is 0 Å². The van der Waals surface area contributed by atoms with Crippen molar-refractivity contribution in [3.05, 3.63) is 72.3 Å². The van der Waals surface area contributed by atoms with Crippen LogP contribution in [0.25, 0.3) is 16.8 Å². The van der Waals surface area contributed by atoms with Crippen LogP contribution in [0.5, 0.6) is 11.5 Å². The quantitative estimate of drug-likeness (QED) is 0.699. The average molecular weight is 333 g/mol. The molecule has 25 heavy (non-hydrogen) atoms. The summed E-state index contributed by atoms with van der Waals surface area (Å²) >= 11 is 0. The Kier molecular flexibility index (Phi) is 5.00. The first-order valence-electron chi connectivity index (χ1n) is 7.90. The minimum Gasteiger partial charge on any atom is -0.497 e. The number of amides is 1. The van der Waals surface area contributed by atoms with E-state index in [0.29, 0.717) is 11.5 Å². The van der Waals surface area contributed by atoms with Crippen LogP contribution in [-0.2, 0) is 4.79 Å². The number of carbonyl (C=O) groups excluding carboxylic acids is 1. The topological polar surface area (TPSA) is 47.6 Å². The fraction of sp³-hybridized carbons (Fsp3) is 0.0952. The minimum absolute atomic E-state index is 0.200. The van der Waals surface area contributed by atoms with E-state index in [1.807, 2.05) is 54.6 Å². The predicted octanol–water partition coefficient (Wildman–Crippen LogP) is 4.51. The van der Waals surface area contributed by atoms with Crippen molar-refractivity contribution in [3.63, 3.8) is 0 Å². The number of benzene rings is 3. The van der Waals surface area contributed by atoms with Gasteiger partial charge in [0.05, 0.1) is 14.2 Å². The van der Waals surface area contributed by atoms with Crippen LogP contribution < -0.4 is 14.8 Å². The molecule has 0 unspecified atom stereocenters. The summed E-state index contributed by atoms with van der Waals surface area (Å²) in [6.07, 6.45) is 3.21. The van der Waals surface area contributed by atoms with E-state index in [9.17, 15) is 4.79 Å². The molecule has 0 aromatic heterocycles. The molecule has 0 saturated carbocycles. The lowest BCUT2D eigenvalue weighted by atomic mass is 10.1. The van der Waals surface area contributed by atoms with Gasteiger partial charge in [-0.1, -0.05) is 36.4 Å².